The molecule has 0 bridgehead atoms. The summed E-state index contributed by atoms with van der Waals surface area (Å²) in [5.41, 5.74) is 3.32. The first-order chi connectivity index (χ1) is 10.3. The van der Waals surface area contributed by atoms with Crippen LogP contribution in [-0.2, 0) is 6.42 Å². The number of ether oxygens (including phenoxy) is 1. The van der Waals surface area contributed by atoms with E-state index in [0.717, 1.165) is 22.2 Å². The predicted octanol–water partition coefficient (Wildman–Crippen LogP) is 2.63. The molecule has 0 amide bonds. The van der Waals surface area contributed by atoms with Gasteiger partial charge in [-0.15, -0.1) is 0 Å². The molecule has 4 rings (SSSR count). The minimum absolute atomic E-state index is 0.0284. The highest BCUT2D eigenvalue weighted by atomic mass is 16.5. The summed E-state index contributed by atoms with van der Waals surface area (Å²) >= 11 is 0. The van der Waals surface area contributed by atoms with E-state index in [1.165, 1.54) is 0 Å². The van der Waals surface area contributed by atoms with Crippen molar-refractivity contribution in [1.82, 2.24) is 9.55 Å². The maximum absolute atomic E-state index is 12.8. The number of aryl methyl sites for hydroxylation is 1. The van der Waals surface area contributed by atoms with E-state index in [4.69, 9.17) is 4.74 Å². The van der Waals surface area contributed by atoms with Gasteiger partial charge in [0.05, 0.1) is 23.2 Å². The summed E-state index contributed by atoms with van der Waals surface area (Å²) in [5, 5.41) is 0.895. The fourth-order valence-electron chi connectivity index (χ4n) is 2.89. The van der Waals surface area contributed by atoms with Crippen LogP contribution in [0.1, 0.15) is 11.1 Å². The van der Waals surface area contributed by atoms with Gasteiger partial charge in [0.25, 0.3) is 5.56 Å². The van der Waals surface area contributed by atoms with Gasteiger partial charge < -0.3 is 4.74 Å². The van der Waals surface area contributed by atoms with Gasteiger partial charge in [0.2, 0.25) is 0 Å². The Morgan fingerprint density at radius 1 is 1.24 bits per heavy atom. The largest absolute Gasteiger partial charge is 0.492 e. The molecule has 0 atom stereocenters. The molecule has 21 heavy (non-hydrogen) atoms. The molecule has 1 aliphatic heterocycles. The van der Waals surface area contributed by atoms with Gasteiger partial charge in [0.15, 0.2) is 5.65 Å². The summed E-state index contributed by atoms with van der Waals surface area (Å²) in [6.07, 6.45) is 2.36. The van der Waals surface area contributed by atoms with Crippen LogP contribution in [0.3, 0.4) is 0 Å². The van der Waals surface area contributed by atoms with Crippen LogP contribution in [-0.4, -0.2) is 16.2 Å². The molecule has 0 spiro atoms. The third-order valence-corrected chi connectivity index (χ3v) is 3.84. The van der Waals surface area contributed by atoms with Crippen LogP contribution in [0.4, 0.5) is 0 Å². The lowest BCUT2D eigenvalue weighted by atomic mass is 10.1. The molecule has 3 aromatic rings. The SMILES string of the molecule is Cc1cccc(-n2c(=O)c3c(c4cccnc42)OCC3)c1. The zero-order chi connectivity index (χ0) is 14.4. The summed E-state index contributed by atoms with van der Waals surface area (Å²) in [6, 6.07) is 11.7. The second-order valence-electron chi connectivity index (χ2n) is 5.26. The molecular formula is C17H14N2O2. The molecule has 1 aliphatic rings. The number of hydrogen-bond donors (Lipinski definition) is 0. The quantitative estimate of drug-likeness (QED) is 0.687. The summed E-state index contributed by atoms with van der Waals surface area (Å²) in [5.74, 6) is 0.701. The predicted molar refractivity (Wildman–Crippen MR) is 81.3 cm³/mol. The van der Waals surface area contributed by atoms with Crippen molar-refractivity contribution in [1.29, 1.82) is 0 Å². The molecule has 104 valence electrons. The Balaban J connectivity index is 2.17. The van der Waals surface area contributed by atoms with Crippen molar-refractivity contribution in [2.45, 2.75) is 13.3 Å². The van der Waals surface area contributed by atoms with Crippen LogP contribution >= 0.6 is 0 Å². The van der Waals surface area contributed by atoms with Crippen molar-refractivity contribution < 1.29 is 4.74 Å². The van der Waals surface area contributed by atoms with Crippen LogP contribution in [0.25, 0.3) is 16.7 Å². The molecule has 0 fully saturated rings. The first kappa shape index (κ1) is 12.1. The average molecular weight is 278 g/mol. The molecule has 2 aromatic heterocycles. The van der Waals surface area contributed by atoms with Gasteiger partial charge in [-0.05, 0) is 36.8 Å². The van der Waals surface area contributed by atoms with Gasteiger partial charge in [-0.2, -0.15) is 0 Å². The van der Waals surface area contributed by atoms with Crippen LogP contribution in [0.5, 0.6) is 5.75 Å². The van der Waals surface area contributed by atoms with E-state index in [2.05, 4.69) is 4.98 Å². The second-order valence-corrected chi connectivity index (χ2v) is 5.26. The molecule has 4 nitrogen and oxygen atoms in total. The highest BCUT2D eigenvalue weighted by Gasteiger charge is 2.23. The van der Waals surface area contributed by atoms with E-state index < -0.39 is 0 Å². The maximum Gasteiger partial charge on any atom is 0.263 e. The summed E-state index contributed by atoms with van der Waals surface area (Å²) in [4.78, 5) is 17.2. The first-order valence-electron chi connectivity index (χ1n) is 6.98. The van der Waals surface area contributed by atoms with E-state index >= 15 is 0 Å². The Morgan fingerprint density at radius 3 is 3.00 bits per heavy atom. The normalized spacial score (nSPS) is 13.2. The molecule has 0 saturated carbocycles. The molecule has 3 heterocycles. The van der Waals surface area contributed by atoms with E-state index in [0.29, 0.717) is 24.4 Å². The standard InChI is InChI=1S/C17H14N2O2/c1-11-4-2-5-12(10-11)19-16-13(6-3-8-18-16)15-14(17(19)20)7-9-21-15/h2-6,8,10H,7,9H2,1H3. The Morgan fingerprint density at radius 2 is 2.14 bits per heavy atom. The van der Waals surface area contributed by atoms with Crippen LogP contribution in [0.15, 0.2) is 47.4 Å². The van der Waals surface area contributed by atoms with E-state index in [9.17, 15) is 4.79 Å². The zero-order valence-electron chi connectivity index (χ0n) is 11.7. The zero-order valence-corrected chi connectivity index (χ0v) is 11.7. The van der Waals surface area contributed by atoms with Crippen molar-refractivity contribution in [3.63, 3.8) is 0 Å². The topological polar surface area (TPSA) is 44.1 Å². The minimum atomic E-state index is -0.0284. The Kier molecular flexibility index (Phi) is 2.57. The number of fused-ring (bicyclic) bond motifs is 3. The average Bonchev–Trinajstić information content (AvgIpc) is 2.98. The summed E-state index contributed by atoms with van der Waals surface area (Å²) in [6.45, 7) is 2.58. The number of rotatable bonds is 1. The number of hydrogen-bond acceptors (Lipinski definition) is 3. The monoisotopic (exact) mass is 278 g/mol. The Hall–Kier alpha value is -2.62. The van der Waals surface area contributed by atoms with Crippen molar-refractivity contribution in [3.05, 3.63) is 64.1 Å². The molecule has 0 N–H and O–H groups in total. The van der Waals surface area contributed by atoms with Crippen molar-refractivity contribution in [3.8, 4) is 11.4 Å². The molecular weight excluding hydrogens is 264 g/mol. The smallest absolute Gasteiger partial charge is 0.263 e. The molecule has 0 radical (unpaired) electrons. The fourth-order valence-corrected chi connectivity index (χ4v) is 2.89. The number of benzene rings is 1. The molecule has 0 saturated heterocycles. The Bertz CT molecular complexity index is 912. The lowest BCUT2D eigenvalue weighted by Gasteiger charge is -2.12. The van der Waals surface area contributed by atoms with E-state index in [1.807, 2.05) is 43.3 Å². The molecule has 0 unspecified atom stereocenters. The van der Waals surface area contributed by atoms with Crippen molar-refractivity contribution >= 4 is 11.0 Å². The number of aromatic nitrogens is 2. The van der Waals surface area contributed by atoms with Gasteiger partial charge in [0, 0.05) is 12.6 Å². The van der Waals surface area contributed by atoms with Gasteiger partial charge in [-0.25, -0.2) is 4.98 Å². The first-order valence-corrected chi connectivity index (χ1v) is 6.98. The highest BCUT2D eigenvalue weighted by molar-refractivity contribution is 5.85. The van der Waals surface area contributed by atoms with Crippen LogP contribution in [0.2, 0.25) is 0 Å². The fraction of sp³-hybridized carbons (Fsp3) is 0.176. The lowest BCUT2D eigenvalue weighted by molar-refractivity contribution is 0.360. The van der Waals surface area contributed by atoms with Gasteiger partial charge in [0.1, 0.15) is 5.75 Å². The molecule has 0 aliphatic carbocycles. The van der Waals surface area contributed by atoms with Gasteiger partial charge in [-0.3, -0.25) is 9.36 Å². The summed E-state index contributed by atoms with van der Waals surface area (Å²) in [7, 11) is 0. The van der Waals surface area contributed by atoms with Crippen LogP contribution < -0.4 is 10.3 Å². The third-order valence-electron chi connectivity index (χ3n) is 3.84. The second kappa shape index (κ2) is 4.45. The molecule has 1 aromatic carbocycles. The van der Waals surface area contributed by atoms with E-state index in [-0.39, 0.29) is 5.56 Å². The minimum Gasteiger partial charge on any atom is -0.492 e. The third kappa shape index (κ3) is 1.76. The Labute approximate surface area is 121 Å². The molecule has 4 heteroatoms. The van der Waals surface area contributed by atoms with Crippen molar-refractivity contribution in [2.75, 3.05) is 6.61 Å². The van der Waals surface area contributed by atoms with E-state index in [1.54, 1.807) is 10.8 Å². The summed E-state index contributed by atoms with van der Waals surface area (Å²) < 4.78 is 7.34. The highest BCUT2D eigenvalue weighted by Crippen LogP contribution is 2.31. The van der Waals surface area contributed by atoms with Crippen molar-refractivity contribution in [2.24, 2.45) is 0 Å². The number of pyridine rings is 2. The van der Waals surface area contributed by atoms with Gasteiger partial charge in [-0.1, -0.05) is 12.1 Å². The maximum atomic E-state index is 12.8. The van der Waals surface area contributed by atoms with Gasteiger partial charge >= 0.3 is 0 Å². The van der Waals surface area contributed by atoms with Crippen LogP contribution in [0, 0.1) is 6.92 Å². The number of nitrogens with zero attached hydrogens (tertiary/aromatic N) is 2. The lowest BCUT2D eigenvalue weighted by Crippen LogP contribution is -2.22.